The predicted molar refractivity (Wildman–Crippen MR) is 381 cm³/mol. The number of hydrogen-bond donors (Lipinski definition) is 9. The number of alkyl halides is 3. The van der Waals surface area contributed by atoms with Gasteiger partial charge in [-0.15, -0.1) is 0 Å². The number of benzene rings is 4. The lowest BCUT2D eigenvalue weighted by atomic mass is 9.98. The normalized spacial score (nSPS) is 16.0. The van der Waals surface area contributed by atoms with E-state index in [9.17, 15) is 56.4 Å². The van der Waals surface area contributed by atoms with Crippen molar-refractivity contribution in [2.75, 3.05) is 46.1 Å². The zero-order valence-electron chi connectivity index (χ0n) is 58.1. The van der Waals surface area contributed by atoms with Gasteiger partial charge >= 0.3 is 18.0 Å². The molecule has 0 spiro atoms. The quantitative estimate of drug-likeness (QED) is 0.00741. The van der Waals surface area contributed by atoms with E-state index in [1.54, 1.807) is 131 Å². The molecule has 4 aromatic carbocycles. The Balaban J connectivity index is 1.20. The van der Waals surface area contributed by atoms with Crippen LogP contribution in [0.4, 0.5) is 4.79 Å². The number of halogens is 3. The van der Waals surface area contributed by atoms with E-state index in [4.69, 9.17) is 69.0 Å². The van der Waals surface area contributed by atoms with Gasteiger partial charge in [-0.3, -0.25) is 48.1 Å². The lowest BCUT2D eigenvalue weighted by Crippen LogP contribution is -2.61. The van der Waals surface area contributed by atoms with Gasteiger partial charge in [0.1, 0.15) is 67.1 Å². The van der Waals surface area contributed by atoms with Crippen LogP contribution in [0.5, 0.6) is 0 Å². The number of nitrogens with two attached hydrogens (primary N) is 1. The number of ether oxygens (including phenoxy) is 6. The van der Waals surface area contributed by atoms with E-state index < -0.39 is 166 Å². The fourth-order valence-corrected chi connectivity index (χ4v) is 11.7. The highest BCUT2D eigenvalue weighted by Crippen LogP contribution is 2.26. The molecule has 1 saturated carbocycles. The molecule has 2 aliphatic rings. The van der Waals surface area contributed by atoms with E-state index in [1.165, 1.54) is 24.0 Å². The van der Waals surface area contributed by atoms with Crippen molar-refractivity contribution in [3.63, 3.8) is 0 Å². The average molecular weight is 1510 g/mol. The molecule has 4 aromatic rings. The number of hydrogen-bond acceptors (Lipinski definition) is 19. The molecule has 1 aliphatic heterocycles. The third-order valence-electron chi connectivity index (χ3n) is 15.8. The van der Waals surface area contributed by atoms with Crippen molar-refractivity contribution < 1.29 is 84.8 Å². The first-order valence-corrected chi connectivity index (χ1v) is 36.3. The molecule has 0 unspecified atom stereocenters. The Kier molecular flexibility index (Phi) is 33.6. The first kappa shape index (κ1) is 83.3. The molecule has 562 valence electrons. The third-order valence-corrected chi connectivity index (χ3v) is 17.5. The van der Waals surface area contributed by atoms with E-state index in [0.29, 0.717) is 30.4 Å². The largest absolute Gasteiger partial charge is 0.462 e. The van der Waals surface area contributed by atoms with E-state index in [0.717, 1.165) is 30.4 Å². The Bertz CT molecular complexity index is 3610. The summed E-state index contributed by atoms with van der Waals surface area (Å²) in [5, 5.41) is 17.9. The summed E-state index contributed by atoms with van der Waals surface area (Å²) in [6, 6.07) is 22.0. The number of guanidine groups is 1. The Morgan fingerprint density at radius 2 is 1.11 bits per heavy atom. The number of carbonyl (C=O) groups excluding carboxylic acids is 10. The Hall–Kier alpha value is -8.65. The summed E-state index contributed by atoms with van der Waals surface area (Å²) >= 11 is 17.2. The smallest absolute Gasteiger partial charge is 0.408 e. The standard InChI is InChI=1S/C70H92Cl3N11O18S/c1-45-30-32-51(33-31-45)103(95,96)83-67(74)75-34-18-28-52(61(88)76-37-59(86)100-44-70(71,72)73)78-63(90)55(42-98-39-48-22-12-7-13-23-48)80-64(91)54(41-97-38-47-20-10-6-11-21-47)79-60(87)46(2)77-65(92)57-29-19-35-84(57)66(93)56(43-99-40-49-24-14-8-15-25-49)81-62(89)53(82-68(94)102-69(3,4)5)36-58(85)101-50-26-16-9-17-27-50/h6-8,10-15,20-25,30-33,46,50,52-57H,9,16-19,26-29,34-44H2,1-5H3,(H,76,88)(H,77,92)(H,78,90)(H,79,87)(H,80,91)(H,81,89)(H,82,94)(H3,74,75,83)/t46-,52-,53-,54-,55-,56-,57-/m0/s1. The number of aliphatic imine (C=N–C) groups is 1. The van der Waals surface area contributed by atoms with Crippen LogP contribution in [0, 0.1) is 6.92 Å². The van der Waals surface area contributed by atoms with Crippen LogP contribution in [-0.2, 0) is 101 Å². The molecule has 29 nitrogen and oxygen atoms in total. The minimum Gasteiger partial charge on any atom is -0.462 e. The van der Waals surface area contributed by atoms with Crippen molar-refractivity contribution in [2.24, 2.45) is 10.7 Å². The van der Waals surface area contributed by atoms with Gasteiger partial charge in [-0.05, 0) is 115 Å². The maximum Gasteiger partial charge on any atom is 0.408 e. The number of nitrogens with zero attached hydrogens (tertiary/aromatic N) is 2. The summed E-state index contributed by atoms with van der Waals surface area (Å²) in [4.78, 5) is 146. The zero-order valence-corrected chi connectivity index (χ0v) is 61.2. The van der Waals surface area contributed by atoms with Gasteiger partial charge in [0.25, 0.3) is 10.0 Å². The van der Waals surface area contributed by atoms with Crippen LogP contribution in [0.1, 0.15) is 114 Å². The number of amides is 8. The highest BCUT2D eigenvalue weighted by atomic mass is 35.6. The number of nitrogens with one attached hydrogen (secondary N) is 8. The molecule has 1 aliphatic carbocycles. The number of likely N-dealkylation sites (tertiary alicyclic amines) is 1. The molecular weight excluding hydrogens is 1420 g/mol. The van der Waals surface area contributed by atoms with Crippen LogP contribution >= 0.6 is 34.8 Å². The van der Waals surface area contributed by atoms with E-state index in [-0.39, 0.29) is 63.2 Å². The summed E-state index contributed by atoms with van der Waals surface area (Å²) in [6.45, 7) is 4.74. The molecule has 0 bridgehead atoms. The van der Waals surface area contributed by atoms with Crippen LogP contribution in [0.15, 0.2) is 125 Å². The topological polar surface area (TPSA) is 398 Å². The Labute approximate surface area is 614 Å². The van der Waals surface area contributed by atoms with E-state index in [2.05, 4.69) is 46.9 Å². The first-order valence-electron chi connectivity index (χ1n) is 33.7. The lowest BCUT2D eigenvalue weighted by molar-refractivity contribution is -0.152. The van der Waals surface area contributed by atoms with Gasteiger partial charge in [-0.2, -0.15) is 0 Å². The second-order valence-corrected chi connectivity index (χ2v) is 29.8. The average Bonchev–Trinajstić information content (AvgIpc) is 1.79. The summed E-state index contributed by atoms with van der Waals surface area (Å²) in [7, 11) is -4.14. The van der Waals surface area contributed by atoms with Crippen molar-refractivity contribution in [2.45, 2.75) is 181 Å². The van der Waals surface area contributed by atoms with Gasteiger partial charge in [-0.1, -0.05) is 150 Å². The minimum absolute atomic E-state index is 0.00125. The van der Waals surface area contributed by atoms with Crippen molar-refractivity contribution in [1.82, 2.24) is 46.8 Å². The number of carbonyl (C=O) groups is 10. The fourth-order valence-electron chi connectivity index (χ4n) is 10.6. The Morgan fingerprint density at radius 3 is 1.64 bits per heavy atom. The highest BCUT2D eigenvalue weighted by molar-refractivity contribution is 7.90. The second kappa shape index (κ2) is 41.6. The van der Waals surface area contributed by atoms with E-state index >= 15 is 0 Å². The monoisotopic (exact) mass is 1510 g/mol. The van der Waals surface area contributed by atoms with Gasteiger partial charge < -0.3 is 76.3 Å². The van der Waals surface area contributed by atoms with Gasteiger partial charge in [0.2, 0.25) is 51.1 Å². The summed E-state index contributed by atoms with van der Waals surface area (Å²) < 4.78 is 60.3. The van der Waals surface area contributed by atoms with Crippen LogP contribution < -0.4 is 47.7 Å². The van der Waals surface area contributed by atoms with Crippen LogP contribution in [0.3, 0.4) is 0 Å². The minimum atomic E-state index is -4.14. The molecule has 1 heterocycles. The number of alkyl carbamates (subject to hydrolysis) is 1. The molecule has 1 saturated heterocycles. The molecule has 0 aromatic heterocycles. The molecule has 7 atom stereocenters. The highest BCUT2D eigenvalue weighted by Gasteiger charge is 2.41. The van der Waals surface area contributed by atoms with Gasteiger partial charge in [0.15, 0.2) is 0 Å². The van der Waals surface area contributed by atoms with Gasteiger partial charge in [0, 0.05) is 13.1 Å². The predicted octanol–water partition coefficient (Wildman–Crippen LogP) is 4.64. The van der Waals surface area contributed by atoms with Crippen molar-refractivity contribution >= 4 is 110 Å². The summed E-state index contributed by atoms with van der Waals surface area (Å²) in [5.74, 6) is -8.63. The molecule has 0 radical (unpaired) electrons. The first-order chi connectivity index (χ1) is 48.9. The molecule has 8 amide bonds. The summed E-state index contributed by atoms with van der Waals surface area (Å²) in [5.41, 5.74) is 7.88. The zero-order chi connectivity index (χ0) is 75.1. The molecule has 10 N–H and O–H groups in total. The van der Waals surface area contributed by atoms with Crippen molar-refractivity contribution in [1.29, 1.82) is 0 Å². The van der Waals surface area contributed by atoms with Gasteiger partial charge in [0.05, 0.1) is 51.0 Å². The maximum atomic E-state index is 14.8. The fraction of sp³-hybridized carbons (Fsp3) is 0.500. The second-order valence-electron chi connectivity index (χ2n) is 25.6. The summed E-state index contributed by atoms with van der Waals surface area (Å²) in [6.07, 6.45) is 2.11. The molecule has 2 fully saturated rings. The van der Waals surface area contributed by atoms with Gasteiger partial charge in [-0.25, -0.2) is 17.9 Å². The number of aryl methyl sites for hydroxylation is 1. The number of sulfonamides is 1. The number of esters is 2. The molecule has 6 rings (SSSR count). The Morgan fingerprint density at radius 1 is 0.602 bits per heavy atom. The van der Waals surface area contributed by atoms with Crippen LogP contribution in [0.2, 0.25) is 0 Å². The molecular formula is C70H92Cl3N11O18S. The maximum absolute atomic E-state index is 14.8. The van der Waals surface area contributed by atoms with Crippen molar-refractivity contribution in [3.05, 3.63) is 138 Å². The van der Waals surface area contributed by atoms with Crippen molar-refractivity contribution in [3.8, 4) is 0 Å². The van der Waals surface area contributed by atoms with E-state index in [1.807, 2.05) is 0 Å². The molecule has 103 heavy (non-hydrogen) atoms. The van der Waals surface area contributed by atoms with Crippen LogP contribution in [0.25, 0.3) is 0 Å². The van der Waals surface area contributed by atoms with Crippen LogP contribution in [-0.4, -0.2) is 183 Å². The lowest BCUT2D eigenvalue weighted by Gasteiger charge is -2.30. The number of rotatable bonds is 37. The molecule has 33 heteroatoms. The third kappa shape index (κ3) is 30.7. The SMILES string of the molecule is Cc1ccc(S(=O)(=O)NC(N)=NCCC[C@H](NC(=O)[C@H](COCc2ccccc2)NC(=O)[C@H](COCc2ccccc2)NC(=O)[C@H](C)NC(=O)[C@@H]2CCCN2C(=O)[C@H](COCc2ccccc2)NC(=O)[C@H](CC(=O)OC2CCCCC2)NC(=O)OC(C)(C)C)C(=O)NCC(=O)OCC(Cl)(Cl)Cl)cc1.